The fourth-order valence-electron chi connectivity index (χ4n) is 10.4. The Balaban J connectivity index is 0.925. The summed E-state index contributed by atoms with van der Waals surface area (Å²) < 4.78 is 0. The molecule has 4 aliphatic carbocycles. The van der Waals surface area contributed by atoms with Gasteiger partial charge in [0.15, 0.2) is 0 Å². The fourth-order valence-corrected chi connectivity index (χ4v) is 10.4. The molecule has 6 aromatic carbocycles. The van der Waals surface area contributed by atoms with Crippen molar-refractivity contribution < 1.29 is 0 Å². The van der Waals surface area contributed by atoms with Crippen molar-refractivity contribution in [2.75, 3.05) is 9.80 Å². The number of fused-ring (bicyclic) bond motifs is 4. The zero-order valence-corrected chi connectivity index (χ0v) is 37.6. The molecule has 0 N–H and O–H groups in total. The highest BCUT2D eigenvalue weighted by molar-refractivity contribution is 5.89. The third-order valence-corrected chi connectivity index (χ3v) is 14.1. The summed E-state index contributed by atoms with van der Waals surface area (Å²) in [4.78, 5) is 4.70. The quantitative estimate of drug-likeness (QED) is 0.143. The van der Waals surface area contributed by atoms with Crippen molar-refractivity contribution in [1.29, 1.82) is 10.5 Å². The first-order valence-corrected chi connectivity index (χ1v) is 22.5. The number of aryl methyl sites for hydroxylation is 2. The summed E-state index contributed by atoms with van der Waals surface area (Å²) in [7, 11) is 0. The van der Waals surface area contributed by atoms with Crippen molar-refractivity contribution in [3.05, 3.63) is 212 Å². The highest BCUT2D eigenvalue weighted by Crippen LogP contribution is 2.54. The minimum absolute atomic E-state index is 0.188. The van der Waals surface area contributed by atoms with Gasteiger partial charge in [0.05, 0.1) is 12.1 Å². The van der Waals surface area contributed by atoms with Gasteiger partial charge >= 0.3 is 0 Å². The normalized spacial score (nSPS) is 16.6. The van der Waals surface area contributed by atoms with Crippen molar-refractivity contribution in [2.24, 2.45) is 0 Å². The number of nitriles is 2. The Hall–Kier alpha value is -7.40. The van der Waals surface area contributed by atoms with Crippen LogP contribution in [-0.4, -0.2) is 0 Å². The van der Waals surface area contributed by atoms with Gasteiger partial charge in [0, 0.05) is 56.1 Å². The average molecular weight is 829 g/mol. The Morgan fingerprint density at radius 2 is 0.766 bits per heavy atom. The third-order valence-electron chi connectivity index (χ3n) is 14.1. The smallest absolute Gasteiger partial charge is 0.0947 e. The fraction of sp³-hybridized carbons (Fsp3) is 0.200. The van der Waals surface area contributed by atoms with E-state index in [-0.39, 0.29) is 10.8 Å². The maximum atomic E-state index is 9.71. The van der Waals surface area contributed by atoms with E-state index in [4.69, 9.17) is 0 Å². The number of benzene rings is 6. The lowest BCUT2D eigenvalue weighted by Gasteiger charge is -2.29. The predicted octanol–water partition coefficient (Wildman–Crippen LogP) is 16.0. The molecule has 0 fully saturated rings. The van der Waals surface area contributed by atoms with Crippen LogP contribution >= 0.6 is 0 Å². The Bertz CT molecular complexity index is 2890. The van der Waals surface area contributed by atoms with Gasteiger partial charge in [0.1, 0.15) is 0 Å². The van der Waals surface area contributed by atoms with E-state index in [0.717, 1.165) is 82.1 Å². The van der Waals surface area contributed by atoms with Crippen LogP contribution in [0.4, 0.5) is 34.1 Å². The van der Waals surface area contributed by atoms with Gasteiger partial charge in [0.25, 0.3) is 0 Å². The Morgan fingerprint density at radius 3 is 1.11 bits per heavy atom. The first-order chi connectivity index (χ1) is 30.9. The van der Waals surface area contributed by atoms with Gasteiger partial charge in [-0.2, -0.15) is 10.5 Å². The predicted molar refractivity (Wildman–Crippen MR) is 266 cm³/mol. The molecule has 10 rings (SSSR count). The van der Waals surface area contributed by atoms with Crippen molar-refractivity contribution >= 4 is 57.4 Å². The molecule has 4 heteroatoms. The molecule has 0 aromatic heterocycles. The standard InChI is InChI=1S/C60H52N4/c1-39-7-19-45(20-8-39)63(49-27-31-53-51-29-17-43(37-61)33-55(51)59(3,4)57(53)35-49)47-23-13-41(14-24-47)11-12-42-15-25-48(26-16-42)64(46-21-9-40(2)10-22-46)50-28-32-54-52-30-18-44(38-62)34-56(52)60(5,6)58(54)36-50/h7-16,19-28,31-36H,17-18,29-30H2,1-6H3/b12-11+. The Kier molecular flexibility index (Phi) is 10.0. The molecule has 0 spiro atoms. The molecule has 0 aliphatic heterocycles. The zero-order chi connectivity index (χ0) is 44.3. The van der Waals surface area contributed by atoms with E-state index in [9.17, 15) is 10.5 Å². The molecule has 0 amide bonds. The number of rotatable bonds is 8. The topological polar surface area (TPSA) is 54.1 Å². The van der Waals surface area contributed by atoms with Crippen molar-refractivity contribution in [3.63, 3.8) is 0 Å². The molecule has 0 saturated carbocycles. The van der Waals surface area contributed by atoms with E-state index in [2.05, 4.69) is 221 Å². The molecule has 0 radical (unpaired) electrons. The van der Waals surface area contributed by atoms with Crippen LogP contribution in [-0.2, 0) is 10.8 Å². The van der Waals surface area contributed by atoms with Crippen molar-refractivity contribution in [2.45, 2.75) is 78.1 Å². The number of anilines is 6. The molecule has 0 saturated heterocycles. The minimum Gasteiger partial charge on any atom is -0.310 e. The second-order valence-electron chi connectivity index (χ2n) is 18.9. The van der Waals surface area contributed by atoms with Crippen LogP contribution in [0.25, 0.3) is 23.3 Å². The summed E-state index contributed by atoms with van der Waals surface area (Å²) in [5, 5.41) is 19.4. The Labute approximate surface area is 378 Å². The minimum atomic E-state index is -0.188. The maximum absolute atomic E-state index is 9.71. The van der Waals surface area contributed by atoms with E-state index in [0.29, 0.717) is 0 Å². The van der Waals surface area contributed by atoms with Gasteiger partial charge in [-0.05, 0) is 180 Å². The largest absolute Gasteiger partial charge is 0.310 e. The van der Waals surface area contributed by atoms with Crippen LogP contribution in [0.2, 0.25) is 0 Å². The maximum Gasteiger partial charge on any atom is 0.0947 e. The van der Waals surface area contributed by atoms with Gasteiger partial charge in [-0.3, -0.25) is 0 Å². The van der Waals surface area contributed by atoms with Gasteiger partial charge < -0.3 is 9.80 Å². The van der Waals surface area contributed by atoms with Crippen LogP contribution in [0, 0.1) is 36.5 Å². The second-order valence-corrected chi connectivity index (χ2v) is 18.9. The summed E-state index contributed by atoms with van der Waals surface area (Å²) in [6.45, 7) is 13.4. The summed E-state index contributed by atoms with van der Waals surface area (Å²) in [6, 6.07) is 53.9. The van der Waals surface area contributed by atoms with Crippen molar-refractivity contribution in [3.8, 4) is 12.1 Å². The van der Waals surface area contributed by atoms with E-state index in [1.165, 1.54) is 55.7 Å². The number of hydrogen-bond acceptors (Lipinski definition) is 4. The molecular weight excluding hydrogens is 777 g/mol. The zero-order valence-electron chi connectivity index (χ0n) is 37.6. The van der Waals surface area contributed by atoms with E-state index >= 15 is 0 Å². The molecular formula is C60H52N4. The summed E-state index contributed by atoms with van der Waals surface area (Å²) in [5.74, 6) is 0. The van der Waals surface area contributed by atoms with Gasteiger partial charge in [-0.25, -0.2) is 0 Å². The molecule has 4 aliphatic rings. The highest BCUT2D eigenvalue weighted by atomic mass is 15.1. The van der Waals surface area contributed by atoms with E-state index < -0.39 is 0 Å². The van der Waals surface area contributed by atoms with Crippen LogP contribution in [0.15, 0.2) is 168 Å². The summed E-state index contributed by atoms with van der Waals surface area (Å²) in [6.07, 6.45) is 12.1. The van der Waals surface area contributed by atoms with Crippen LogP contribution in [0.1, 0.15) is 97.9 Å². The number of allylic oxidation sites excluding steroid dienone is 8. The first kappa shape index (κ1) is 40.7. The molecule has 0 unspecified atom stereocenters. The third kappa shape index (κ3) is 7.01. The molecule has 0 atom stereocenters. The number of nitrogens with zero attached hydrogens (tertiary/aromatic N) is 4. The van der Waals surface area contributed by atoms with Gasteiger partial charge in [-0.15, -0.1) is 0 Å². The highest BCUT2D eigenvalue weighted by Gasteiger charge is 2.40. The van der Waals surface area contributed by atoms with Crippen LogP contribution in [0.3, 0.4) is 0 Å². The monoisotopic (exact) mass is 828 g/mol. The average Bonchev–Trinajstić information content (AvgIpc) is 3.68. The second kappa shape index (κ2) is 15.7. The lowest BCUT2D eigenvalue weighted by molar-refractivity contribution is 0.650. The summed E-state index contributed by atoms with van der Waals surface area (Å²) >= 11 is 0. The molecule has 312 valence electrons. The SMILES string of the molecule is Cc1ccc(N(c2ccc(/C=C/c3ccc(N(c4ccc(C)cc4)c4ccc5c(c4)C(C)(C)C4=C5CCC(C#N)=C4)cc3)cc2)c2ccc3c(c2)C(C)(C)C2=C3CCC(C#N)=C2)cc1. The Morgan fingerprint density at radius 1 is 0.438 bits per heavy atom. The lowest BCUT2D eigenvalue weighted by atomic mass is 9.79. The number of hydrogen-bond donors (Lipinski definition) is 0. The summed E-state index contributed by atoms with van der Waals surface area (Å²) in [5.41, 5.74) is 23.3. The van der Waals surface area contributed by atoms with Gasteiger partial charge in [-0.1, -0.05) is 112 Å². The van der Waals surface area contributed by atoms with Crippen LogP contribution in [0.5, 0.6) is 0 Å². The van der Waals surface area contributed by atoms with Crippen molar-refractivity contribution in [1.82, 2.24) is 0 Å². The lowest BCUT2D eigenvalue weighted by Crippen LogP contribution is -2.18. The molecule has 4 nitrogen and oxygen atoms in total. The molecule has 0 bridgehead atoms. The van der Waals surface area contributed by atoms with Crippen LogP contribution < -0.4 is 9.80 Å². The van der Waals surface area contributed by atoms with E-state index in [1.54, 1.807) is 0 Å². The molecule has 6 aromatic rings. The van der Waals surface area contributed by atoms with Gasteiger partial charge in [0.2, 0.25) is 0 Å². The molecule has 0 heterocycles. The first-order valence-electron chi connectivity index (χ1n) is 22.5. The van der Waals surface area contributed by atoms with E-state index in [1.807, 2.05) is 0 Å². The molecule has 64 heavy (non-hydrogen) atoms.